The number of benzene rings is 1. The molecule has 0 aliphatic heterocycles. The first-order valence-electron chi connectivity index (χ1n) is 5.74. The van der Waals surface area contributed by atoms with Crippen LogP contribution >= 0.6 is 0 Å². The molecule has 18 heavy (non-hydrogen) atoms. The summed E-state index contributed by atoms with van der Waals surface area (Å²) in [6.45, 7) is 7.58. The van der Waals surface area contributed by atoms with Crippen molar-refractivity contribution in [2.45, 2.75) is 39.8 Å². The first kappa shape index (κ1) is 14.9. The molecule has 0 bridgehead atoms. The van der Waals surface area contributed by atoms with Crippen LogP contribution in [0.4, 0.5) is 5.69 Å². The Balaban J connectivity index is 2.97. The van der Waals surface area contributed by atoms with E-state index in [2.05, 4.69) is 9.44 Å². The quantitative estimate of drug-likeness (QED) is 0.776. The molecule has 0 spiro atoms. The van der Waals surface area contributed by atoms with Gasteiger partial charge in [-0.1, -0.05) is 12.1 Å². The maximum Gasteiger partial charge on any atom is 0.299 e. The monoisotopic (exact) mass is 271 g/mol. The van der Waals surface area contributed by atoms with Crippen LogP contribution in [-0.2, 0) is 16.8 Å². The maximum atomic E-state index is 11.9. The number of aryl methyl sites for hydroxylation is 1. The third-order valence-corrected chi connectivity index (χ3v) is 3.59. The molecule has 1 aromatic carbocycles. The average molecular weight is 271 g/mol. The summed E-state index contributed by atoms with van der Waals surface area (Å²) in [6, 6.07) is 5.47. The third kappa shape index (κ3) is 4.64. The third-order valence-electron chi connectivity index (χ3n) is 2.22. The van der Waals surface area contributed by atoms with E-state index in [9.17, 15) is 8.42 Å². The highest BCUT2D eigenvalue weighted by molar-refractivity contribution is 7.90. The lowest BCUT2D eigenvalue weighted by atomic mass is 10.1. The Hall–Kier alpha value is -1.11. The van der Waals surface area contributed by atoms with Gasteiger partial charge >= 0.3 is 0 Å². The molecule has 5 nitrogen and oxygen atoms in total. The van der Waals surface area contributed by atoms with Gasteiger partial charge in [0.05, 0.1) is 5.69 Å². The van der Waals surface area contributed by atoms with Gasteiger partial charge in [0.25, 0.3) is 10.2 Å². The van der Waals surface area contributed by atoms with Gasteiger partial charge < -0.3 is 5.73 Å². The van der Waals surface area contributed by atoms with Crippen molar-refractivity contribution >= 4 is 15.9 Å². The Labute approximate surface area is 109 Å². The van der Waals surface area contributed by atoms with Crippen molar-refractivity contribution in [2.75, 3.05) is 4.72 Å². The summed E-state index contributed by atoms with van der Waals surface area (Å²) >= 11 is 0. The highest BCUT2D eigenvalue weighted by atomic mass is 32.2. The van der Waals surface area contributed by atoms with Gasteiger partial charge in [-0.15, -0.1) is 0 Å². The van der Waals surface area contributed by atoms with E-state index in [1.165, 1.54) is 0 Å². The lowest BCUT2D eigenvalue weighted by Gasteiger charge is -2.21. The minimum Gasteiger partial charge on any atom is -0.326 e. The highest BCUT2D eigenvalue weighted by Gasteiger charge is 2.20. The number of rotatable bonds is 4. The number of nitrogens with two attached hydrogens (primary N) is 1. The summed E-state index contributed by atoms with van der Waals surface area (Å²) in [5.41, 5.74) is 7.31. The van der Waals surface area contributed by atoms with Crippen molar-refractivity contribution in [3.63, 3.8) is 0 Å². The van der Waals surface area contributed by atoms with E-state index in [-0.39, 0.29) is 0 Å². The molecule has 1 aromatic rings. The van der Waals surface area contributed by atoms with Crippen LogP contribution in [0.2, 0.25) is 0 Å². The fraction of sp³-hybridized carbons (Fsp3) is 0.500. The number of nitrogens with one attached hydrogen (secondary N) is 2. The van der Waals surface area contributed by atoms with Crippen molar-refractivity contribution in [1.82, 2.24) is 4.72 Å². The van der Waals surface area contributed by atoms with Crippen molar-refractivity contribution < 1.29 is 8.42 Å². The molecule has 0 amide bonds. The first-order valence-corrected chi connectivity index (χ1v) is 7.22. The second-order valence-corrected chi connectivity index (χ2v) is 6.73. The summed E-state index contributed by atoms with van der Waals surface area (Å²) in [5.74, 6) is 0. The molecule has 0 unspecified atom stereocenters. The van der Waals surface area contributed by atoms with Gasteiger partial charge in [-0.25, -0.2) is 0 Å². The van der Waals surface area contributed by atoms with Crippen molar-refractivity contribution in [1.29, 1.82) is 0 Å². The lowest BCUT2D eigenvalue weighted by molar-refractivity contribution is 0.494. The molecule has 0 atom stereocenters. The first-order chi connectivity index (χ1) is 8.13. The molecule has 0 heterocycles. The Bertz CT molecular complexity index is 519. The Morgan fingerprint density at radius 2 is 1.89 bits per heavy atom. The van der Waals surface area contributed by atoms with Gasteiger partial charge in [-0.3, -0.25) is 4.72 Å². The predicted octanol–water partition coefficient (Wildman–Crippen LogP) is 1.50. The Morgan fingerprint density at radius 3 is 2.39 bits per heavy atom. The van der Waals surface area contributed by atoms with Crippen LogP contribution in [0.1, 0.15) is 31.9 Å². The molecule has 4 N–H and O–H groups in total. The molecule has 6 heteroatoms. The molecule has 0 saturated carbocycles. The summed E-state index contributed by atoms with van der Waals surface area (Å²) in [7, 11) is -3.58. The van der Waals surface area contributed by atoms with Gasteiger partial charge in [0.15, 0.2) is 0 Å². The minimum absolute atomic E-state index is 0.377. The summed E-state index contributed by atoms with van der Waals surface area (Å²) in [4.78, 5) is 0. The second kappa shape index (κ2) is 5.26. The maximum absolute atomic E-state index is 11.9. The molecular formula is C12H21N3O2S. The van der Waals surface area contributed by atoms with Crippen LogP contribution in [0.5, 0.6) is 0 Å². The van der Waals surface area contributed by atoms with Crippen LogP contribution in [0, 0.1) is 6.92 Å². The van der Waals surface area contributed by atoms with Crippen molar-refractivity contribution in [3.05, 3.63) is 29.3 Å². The Kier molecular flexibility index (Phi) is 4.37. The number of anilines is 1. The van der Waals surface area contributed by atoms with E-state index in [1.807, 2.05) is 19.1 Å². The highest BCUT2D eigenvalue weighted by Crippen LogP contribution is 2.18. The van der Waals surface area contributed by atoms with E-state index in [4.69, 9.17) is 5.73 Å². The molecule has 0 aromatic heterocycles. The summed E-state index contributed by atoms with van der Waals surface area (Å²) in [6.07, 6.45) is 0. The van der Waals surface area contributed by atoms with Gasteiger partial charge in [0.2, 0.25) is 0 Å². The zero-order valence-electron chi connectivity index (χ0n) is 11.2. The molecule has 0 aliphatic carbocycles. The minimum atomic E-state index is -3.58. The standard InChI is InChI=1S/C12H21N3O2S/c1-9-5-6-10(8-13)7-11(9)14-18(16,17)15-12(2,3)4/h5-7,14-15H,8,13H2,1-4H3. The lowest BCUT2D eigenvalue weighted by Crippen LogP contribution is -2.43. The molecule has 102 valence electrons. The van der Waals surface area contributed by atoms with E-state index in [1.54, 1.807) is 26.8 Å². The van der Waals surface area contributed by atoms with Crippen LogP contribution in [0.15, 0.2) is 18.2 Å². The fourth-order valence-electron chi connectivity index (χ4n) is 1.48. The normalized spacial score (nSPS) is 12.5. The second-order valence-electron chi connectivity index (χ2n) is 5.31. The van der Waals surface area contributed by atoms with Crippen LogP contribution in [0.3, 0.4) is 0 Å². The SMILES string of the molecule is Cc1ccc(CN)cc1NS(=O)(=O)NC(C)(C)C. The largest absolute Gasteiger partial charge is 0.326 e. The smallest absolute Gasteiger partial charge is 0.299 e. The summed E-state index contributed by atoms with van der Waals surface area (Å²) in [5, 5.41) is 0. The predicted molar refractivity (Wildman–Crippen MR) is 74.5 cm³/mol. The number of hydrogen-bond donors (Lipinski definition) is 3. The summed E-state index contributed by atoms with van der Waals surface area (Å²) < 4.78 is 28.9. The van der Waals surface area contributed by atoms with Crippen LogP contribution in [0.25, 0.3) is 0 Å². The fourth-order valence-corrected chi connectivity index (χ4v) is 2.85. The zero-order valence-corrected chi connectivity index (χ0v) is 12.1. The van der Waals surface area contributed by atoms with E-state index >= 15 is 0 Å². The van der Waals surface area contributed by atoms with Crippen molar-refractivity contribution in [3.8, 4) is 0 Å². The average Bonchev–Trinajstić information content (AvgIpc) is 2.17. The topological polar surface area (TPSA) is 84.2 Å². The number of hydrogen-bond acceptors (Lipinski definition) is 3. The van der Waals surface area contributed by atoms with Gasteiger partial charge in [-0.05, 0) is 44.9 Å². The van der Waals surface area contributed by atoms with Gasteiger partial charge in [0, 0.05) is 12.1 Å². The van der Waals surface area contributed by atoms with E-state index < -0.39 is 15.7 Å². The van der Waals surface area contributed by atoms with E-state index in [0.29, 0.717) is 12.2 Å². The molecule has 1 rings (SSSR count). The Morgan fingerprint density at radius 1 is 1.28 bits per heavy atom. The van der Waals surface area contributed by atoms with Crippen LogP contribution in [-0.4, -0.2) is 14.0 Å². The molecular weight excluding hydrogens is 250 g/mol. The van der Waals surface area contributed by atoms with Gasteiger partial charge in [0.1, 0.15) is 0 Å². The van der Waals surface area contributed by atoms with Crippen LogP contribution < -0.4 is 15.2 Å². The van der Waals surface area contributed by atoms with Crippen molar-refractivity contribution in [2.24, 2.45) is 5.73 Å². The molecule has 0 radical (unpaired) electrons. The zero-order chi connectivity index (χ0) is 14.0. The molecule has 0 fully saturated rings. The molecule has 0 saturated heterocycles. The van der Waals surface area contributed by atoms with E-state index in [0.717, 1.165) is 11.1 Å². The molecule has 0 aliphatic rings. The van der Waals surface area contributed by atoms with Gasteiger partial charge in [-0.2, -0.15) is 13.1 Å².